The molecule has 0 bridgehead atoms. The van der Waals surface area contributed by atoms with Crippen LogP contribution >= 0.6 is 0 Å². The van der Waals surface area contributed by atoms with Crippen LogP contribution in [0.25, 0.3) is 0 Å². The highest BCUT2D eigenvalue weighted by molar-refractivity contribution is 6.01. The molecule has 0 spiro atoms. The maximum absolute atomic E-state index is 12.9. The van der Waals surface area contributed by atoms with Gasteiger partial charge in [-0.05, 0) is 48.9 Å². The fraction of sp³-hybridized carbons (Fsp3) is 0.188. The number of nitrogen functional groups attached to an aromatic ring is 1. The summed E-state index contributed by atoms with van der Waals surface area (Å²) < 4.78 is 12.9. The van der Waals surface area contributed by atoms with Crippen LogP contribution in [0.1, 0.15) is 13.3 Å². The summed E-state index contributed by atoms with van der Waals surface area (Å²) in [6, 6.07) is 12.5. The molecule has 2 amide bonds. The summed E-state index contributed by atoms with van der Waals surface area (Å²) in [5, 5.41) is 2.75. The zero-order valence-electron chi connectivity index (χ0n) is 11.8. The molecular weight excluding hydrogens is 269 g/mol. The number of nitrogens with two attached hydrogens (primary N) is 1. The second-order valence-corrected chi connectivity index (χ2v) is 4.68. The number of urea groups is 1. The molecule has 0 atom stereocenters. The first-order valence-corrected chi connectivity index (χ1v) is 6.80. The molecule has 0 aromatic heterocycles. The van der Waals surface area contributed by atoms with E-state index in [0.29, 0.717) is 17.9 Å². The fourth-order valence-corrected chi connectivity index (χ4v) is 1.99. The van der Waals surface area contributed by atoms with E-state index in [-0.39, 0.29) is 11.8 Å². The molecular formula is C16H18FN3O. The number of rotatable bonds is 4. The Morgan fingerprint density at radius 2 is 1.95 bits per heavy atom. The van der Waals surface area contributed by atoms with Gasteiger partial charge in [0, 0.05) is 23.6 Å². The van der Waals surface area contributed by atoms with Gasteiger partial charge in [0.25, 0.3) is 0 Å². The summed E-state index contributed by atoms with van der Waals surface area (Å²) in [6.45, 7) is 2.56. The SMILES string of the molecule is CCCN(C(=O)Nc1ccc(F)cc1)c1cccc(N)c1. The molecule has 4 nitrogen and oxygen atoms in total. The van der Waals surface area contributed by atoms with Gasteiger partial charge in [0.05, 0.1) is 0 Å². The number of halogens is 1. The molecule has 0 heterocycles. The summed E-state index contributed by atoms with van der Waals surface area (Å²) in [4.78, 5) is 14.0. The number of nitrogens with one attached hydrogen (secondary N) is 1. The van der Waals surface area contributed by atoms with Crippen molar-refractivity contribution in [3.8, 4) is 0 Å². The first kappa shape index (κ1) is 14.8. The molecule has 0 aliphatic heterocycles. The topological polar surface area (TPSA) is 58.4 Å². The van der Waals surface area contributed by atoms with Crippen molar-refractivity contribution in [2.75, 3.05) is 22.5 Å². The van der Waals surface area contributed by atoms with E-state index in [0.717, 1.165) is 12.1 Å². The quantitative estimate of drug-likeness (QED) is 0.839. The van der Waals surface area contributed by atoms with Crippen molar-refractivity contribution in [2.24, 2.45) is 0 Å². The lowest BCUT2D eigenvalue weighted by atomic mass is 10.2. The summed E-state index contributed by atoms with van der Waals surface area (Å²) in [6.07, 6.45) is 0.811. The number of anilines is 3. The van der Waals surface area contributed by atoms with Gasteiger partial charge in [0.1, 0.15) is 5.82 Å². The minimum absolute atomic E-state index is 0.269. The number of carbonyl (C=O) groups excluding carboxylic acids is 1. The molecule has 3 N–H and O–H groups in total. The lowest BCUT2D eigenvalue weighted by molar-refractivity contribution is 0.257. The molecule has 5 heteroatoms. The van der Waals surface area contributed by atoms with E-state index >= 15 is 0 Å². The van der Waals surface area contributed by atoms with Crippen LogP contribution < -0.4 is 16.0 Å². The standard InChI is InChI=1S/C16H18FN3O/c1-2-10-20(15-5-3-4-13(18)11-15)16(21)19-14-8-6-12(17)7-9-14/h3-9,11H,2,10,18H2,1H3,(H,19,21). The van der Waals surface area contributed by atoms with Gasteiger partial charge in [0.2, 0.25) is 0 Å². The molecule has 0 saturated carbocycles. The van der Waals surface area contributed by atoms with E-state index in [9.17, 15) is 9.18 Å². The number of benzene rings is 2. The molecule has 0 saturated heterocycles. The molecule has 0 aliphatic carbocycles. The van der Waals surface area contributed by atoms with E-state index in [1.807, 2.05) is 13.0 Å². The van der Waals surface area contributed by atoms with Crippen LogP contribution in [0.2, 0.25) is 0 Å². The molecule has 0 radical (unpaired) electrons. The average molecular weight is 287 g/mol. The van der Waals surface area contributed by atoms with Crippen molar-refractivity contribution < 1.29 is 9.18 Å². The third kappa shape index (κ3) is 3.95. The Morgan fingerprint density at radius 1 is 1.24 bits per heavy atom. The van der Waals surface area contributed by atoms with Crippen LogP contribution in [0.3, 0.4) is 0 Å². The normalized spacial score (nSPS) is 10.2. The van der Waals surface area contributed by atoms with Crippen molar-refractivity contribution in [3.63, 3.8) is 0 Å². The third-order valence-electron chi connectivity index (χ3n) is 2.97. The highest BCUT2D eigenvalue weighted by Crippen LogP contribution is 2.19. The number of hydrogen-bond acceptors (Lipinski definition) is 2. The van der Waals surface area contributed by atoms with Gasteiger partial charge < -0.3 is 11.1 Å². The van der Waals surface area contributed by atoms with Crippen LogP contribution in [0.4, 0.5) is 26.2 Å². The monoisotopic (exact) mass is 287 g/mol. The zero-order chi connectivity index (χ0) is 15.2. The highest BCUT2D eigenvalue weighted by Gasteiger charge is 2.15. The van der Waals surface area contributed by atoms with E-state index in [2.05, 4.69) is 5.32 Å². The number of nitrogens with zero attached hydrogens (tertiary/aromatic N) is 1. The number of hydrogen-bond donors (Lipinski definition) is 2. The molecule has 2 rings (SSSR count). The third-order valence-corrected chi connectivity index (χ3v) is 2.97. The number of carbonyl (C=O) groups is 1. The average Bonchev–Trinajstić information content (AvgIpc) is 2.47. The predicted molar refractivity (Wildman–Crippen MR) is 83.9 cm³/mol. The Bertz CT molecular complexity index is 613. The predicted octanol–water partition coefficient (Wildman–Crippen LogP) is 3.86. The van der Waals surface area contributed by atoms with Gasteiger partial charge in [-0.3, -0.25) is 4.90 Å². The maximum Gasteiger partial charge on any atom is 0.326 e. The van der Waals surface area contributed by atoms with Gasteiger partial charge in [0.15, 0.2) is 0 Å². The minimum Gasteiger partial charge on any atom is -0.399 e. The van der Waals surface area contributed by atoms with Crippen LogP contribution in [-0.4, -0.2) is 12.6 Å². The molecule has 21 heavy (non-hydrogen) atoms. The Morgan fingerprint density at radius 3 is 2.57 bits per heavy atom. The van der Waals surface area contributed by atoms with Gasteiger partial charge in [-0.2, -0.15) is 0 Å². The van der Waals surface area contributed by atoms with Gasteiger partial charge in [-0.1, -0.05) is 13.0 Å². The van der Waals surface area contributed by atoms with Crippen LogP contribution in [0.5, 0.6) is 0 Å². The van der Waals surface area contributed by atoms with Crippen LogP contribution in [0, 0.1) is 5.82 Å². The van der Waals surface area contributed by atoms with E-state index in [1.165, 1.54) is 24.3 Å². The van der Waals surface area contributed by atoms with Gasteiger partial charge >= 0.3 is 6.03 Å². The molecule has 0 aliphatic rings. The van der Waals surface area contributed by atoms with Crippen molar-refractivity contribution in [1.29, 1.82) is 0 Å². The zero-order valence-corrected chi connectivity index (χ0v) is 11.8. The van der Waals surface area contributed by atoms with E-state index in [1.54, 1.807) is 23.1 Å². The van der Waals surface area contributed by atoms with Crippen molar-refractivity contribution in [3.05, 3.63) is 54.3 Å². The lowest BCUT2D eigenvalue weighted by Gasteiger charge is -2.23. The summed E-state index contributed by atoms with van der Waals surface area (Å²) >= 11 is 0. The lowest BCUT2D eigenvalue weighted by Crippen LogP contribution is -2.35. The van der Waals surface area contributed by atoms with E-state index < -0.39 is 0 Å². The summed E-state index contributed by atoms with van der Waals surface area (Å²) in [5.74, 6) is -0.339. The Balaban J connectivity index is 2.17. The second-order valence-electron chi connectivity index (χ2n) is 4.68. The smallest absolute Gasteiger partial charge is 0.326 e. The highest BCUT2D eigenvalue weighted by atomic mass is 19.1. The van der Waals surface area contributed by atoms with E-state index in [4.69, 9.17) is 5.73 Å². The second kappa shape index (κ2) is 6.74. The first-order valence-electron chi connectivity index (χ1n) is 6.80. The van der Waals surface area contributed by atoms with Crippen LogP contribution in [-0.2, 0) is 0 Å². The molecule has 0 fully saturated rings. The first-order chi connectivity index (χ1) is 10.1. The number of amides is 2. The Labute approximate surface area is 123 Å². The maximum atomic E-state index is 12.9. The minimum atomic E-state index is -0.339. The Kier molecular flexibility index (Phi) is 4.77. The Hall–Kier alpha value is -2.56. The summed E-state index contributed by atoms with van der Waals surface area (Å²) in [5.41, 5.74) is 7.64. The van der Waals surface area contributed by atoms with Crippen molar-refractivity contribution in [1.82, 2.24) is 0 Å². The van der Waals surface area contributed by atoms with Crippen LogP contribution in [0.15, 0.2) is 48.5 Å². The van der Waals surface area contributed by atoms with Crippen molar-refractivity contribution in [2.45, 2.75) is 13.3 Å². The van der Waals surface area contributed by atoms with Gasteiger partial charge in [-0.15, -0.1) is 0 Å². The molecule has 110 valence electrons. The van der Waals surface area contributed by atoms with Gasteiger partial charge in [-0.25, -0.2) is 9.18 Å². The molecule has 0 unspecified atom stereocenters. The largest absolute Gasteiger partial charge is 0.399 e. The summed E-state index contributed by atoms with van der Waals surface area (Å²) in [7, 11) is 0. The molecule has 2 aromatic rings. The molecule has 2 aromatic carbocycles. The van der Waals surface area contributed by atoms with Crippen molar-refractivity contribution >= 4 is 23.1 Å². The fourth-order valence-electron chi connectivity index (χ4n) is 1.99.